The molecule has 17 nitrogen and oxygen atoms in total. The molecule has 0 fully saturated rings. The number of hydrogen-bond donors (Lipinski definition) is 7. The van der Waals surface area contributed by atoms with Crippen molar-refractivity contribution < 1.29 is 28.7 Å². The van der Waals surface area contributed by atoms with Gasteiger partial charge in [0.2, 0.25) is 17.8 Å². The lowest BCUT2D eigenvalue weighted by Crippen LogP contribution is -2.36. The third-order valence-electron chi connectivity index (χ3n) is 8.81. The van der Waals surface area contributed by atoms with E-state index in [1.54, 1.807) is 48.5 Å². The molecule has 0 saturated carbocycles. The van der Waals surface area contributed by atoms with E-state index < -0.39 is 16.8 Å². The number of nitrogens with two attached hydrogens (primary N) is 1. The van der Waals surface area contributed by atoms with E-state index in [2.05, 4.69) is 46.5 Å². The number of rotatable bonds is 23. The second kappa shape index (κ2) is 21.4. The summed E-state index contributed by atoms with van der Waals surface area (Å²) in [7, 11) is 0. The first-order valence-corrected chi connectivity index (χ1v) is 19.0. The minimum Gasteiger partial charge on any atom is -0.379 e. The molecule has 4 aromatic rings. The molecular weight excluding hydrogens is 733 g/mol. The quantitative estimate of drug-likeness (QED) is 0.0537. The Morgan fingerprint density at radius 2 is 1.33 bits per heavy atom. The van der Waals surface area contributed by atoms with Crippen LogP contribution in [0, 0.1) is 0 Å². The lowest BCUT2D eigenvalue weighted by atomic mass is 10.0. The lowest BCUT2D eigenvalue weighted by Gasteiger charge is -2.29. The van der Waals surface area contributed by atoms with Crippen molar-refractivity contribution in [2.24, 2.45) is 0 Å². The molecule has 17 heteroatoms. The highest BCUT2D eigenvalue weighted by Crippen LogP contribution is 2.21. The van der Waals surface area contributed by atoms with Crippen LogP contribution in [0.4, 0.5) is 11.6 Å². The van der Waals surface area contributed by atoms with Crippen molar-refractivity contribution in [2.45, 2.75) is 77.5 Å². The van der Waals surface area contributed by atoms with Crippen LogP contribution in [0.5, 0.6) is 0 Å². The third-order valence-corrected chi connectivity index (χ3v) is 8.81. The van der Waals surface area contributed by atoms with Gasteiger partial charge in [0.25, 0.3) is 17.4 Å². The first-order valence-electron chi connectivity index (χ1n) is 19.0. The summed E-state index contributed by atoms with van der Waals surface area (Å²) in [6, 6.07) is 15.8. The summed E-state index contributed by atoms with van der Waals surface area (Å²) in [5, 5.41) is 14.5. The highest BCUT2D eigenvalue weighted by atomic mass is 16.5. The summed E-state index contributed by atoms with van der Waals surface area (Å²) in [6.45, 7) is 10.2. The number of hydrogen-bond acceptors (Lipinski definition) is 12. The Balaban J connectivity index is 1.01. The zero-order valence-corrected chi connectivity index (χ0v) is 33.0. The normalized spacial score (nSPS) is 11.5. The van der Waals surface area contributed by atoms with Gasteiger partial charge in [-0.05, 0) is 83.4 Å². The molecule has 0 radical (unpaired) electrons. The number of ether oxygens (including phenoxy) is 2. The van der Waals surface area contributed by atoms with Gasteiger partial charge >= 0.3 is 0 Å². The average molecular weight is 787 g/mol. The minimum atomic E-state index is -0.513. The van der Waals surface area contributed by atoms with Gasteiger partial charge in [0.1, 0.15) is 0 Å². The van der Waals surface area contributed by atoms with Crippen LogP contribution in [0.1, 0.15) is 86.2 Å². The number of nitrogen functional groups attached to an aromatic ring is 1. The molecule has 4 amide bonds. The van der Waals surface area contributed by atoms with Gasteiger partial charge in [0.05, 0.1) is 42.9 Å². The molecule has 2 heterocycles. The number of nitrogens with one attached hydrogen (secondary N) is 6. The van der Waals surface area contributed by atoms with E-state index in [0.29, 0.717) is 88.4 Å². The van der Waals surface area contributed by atoms with Crippen molar-refractivity contribution in [2.75, 3.05) is 50.4 Å². The molecule has 8 N–H and O–H groups in total. The molecule has 0 atom stereocenters. The fourth-order valence-electron chi connectivity index (χ4n) is 5.44. The summed E-state index contributed by atoms with van der Waals surface area (Å²) in [5.74, 6) is -0.694. The Kier molecular flexibility index (Phi) is 16.4. The van der Waals surface area contributed by atoms with Gasteiger partial charge < -0.3 is 41.8 Å². The van der Waals surface area contributed by atoms with E-state index in [1.807, 2.05) is 33.8 Å². The highest BCUT2D eigenvalue weighted by molar-refractivity contribution is 5.94. The SMILES string of the molecule is CC(C)(CCOC(C)(C)CCC(=O)NCCNC(=O)c1ccccc1)OCCNC(=O)CCCNC(=O)c1ccc(NCc2cnc3nc(N)[nH]c(=O)c3n2)cc1. The number of anilines is 2. The predicted molar refractivity (Wildman–Crippen MR) is 216 cm³/mol. The first kappa shape index (κ1) is 43.8. The molecule has 0 bridgehead atoms. The minimum absolute atomic E-state index is 0.0275. The van der Waals surface area contributed by atoms with E-state index in [-0.39, 0.29) is 47.2 Å². The number of carbonyl (C=O) groups excluding carboxylic acids is 4. The maximum atomic E-state index is 12.6. The Morgan fingerprint density at radius 3 is 2.07 bits per heavy atom. The number of fused-ring (bicyclic) bond motifs is 1. The maximum absolute atomic E-state index is 12.6. The molecular formula is C40H54N10O7. The Hall–Kier alpha value is -5.94. The molecule has 306 valence electrons. The van der Waals surface area contributed by atoms with Crippen LogP contribution in [0.3, 0.4) is 0 Å². The van der Waals surface area contributed by atoms with E-state index in [0.717, 1.165) is 5.69 Å². The van der Waals surface area contributed by atoms with Crippen molar-refractivity contribution in [3.63, 3.8) is 0 Å². The maximum Gasteiger partial charge on any atom is 0.280 e. The van der Waals surface area contributed by atoms with Crippen molar-refractivity contribution in [3.8, 4) is 0 Å². The number of nitrogens with zero attached hydrogens (tertiary/aromatic N) is 3. The molecule has 0 unspecified atom stereocenters. The Bertz CT molecular complexity index is 2000. The van der Waals surface area contributed by atoms with Crippen LogP contribution >= 0.6 is 0 Å². The molecule has 0 aliphatic heterocycles. The molecule has 2 aromatic heterocycles. The van der Waals surface area contributed by atoms with E-state index in [9.17, 15) is 24.0 Å². The van der Waals surface area contributed by atoms with Gasteiger partial charge in [-0.2, -0.15) is 4.98 Å². The van der Waals surface area contributed by atoms with Crippen LogP contribution in [0.15, 0.2) is 65.6 Å². The molecule has 0 aliphatic rings. The molecule has 2 aromatic carbocycles. The van der Waals surface area contributed by atoms with Crippen molar-refractivity contribution in [1.82, 2.24) is 41.2 Å². The van der Waals surface area contributed by atoms with E-state index in [4.69, 9.17) is 15.2 Å². The van der Waals surface area contributed by atoms with Gasteiger partial charge in [0.15, 0.2) is 11.2 Å². The number of benzene rings is 2. The largest absolute Gasteiger partial charge is 0.379 e. The number of aromatic nitrogens is 4. The van der Waals surface area contributed by atoms with Gasteiger partial charge in [-0.25, -0.2) is 9.97 Å². The van der Waals surface area contributed by atoms with Crippen molar-refractivity contribution in [3.05, 3.63) is 88.0 Å². The zero-order chi connectivity index (χ0) is 41.3. The summed E-state index contributed by atoms with van der Waals surface area (Å²) < 4.78 is 12.1. The molecule has 0 spiro atoms. The van der Waals surface area contributed by atoms with Crippen LogP contribution in [-0.2, 0) is 25.6 Å². The van der Waals surface area contributed by atoms with E-state index in [1.165, 1.54) is 6.20 Å². The second-order valence-electron chi connectivity index (χ2n) is 14.6. The van der Waals surface area contributed by atoms with Crippen LogP contribution in [-0.4, -0.2) is 94.2 Å². The van der Waals surface area contributed by atoms with Gasteiger partial charge in [-0.3, -0.25) is 29.0 Å². The predicted octanol–water partition coefficient (Wildman–Crippen LogP) is 2.84. The van der Waals surface area contributed by atoms with Crippen LogP contribution in [0.25, 0.3) is 11.2 Å². The molecule has 0 saturated heterocycles. The zero-order valence-electron chi connectivity index (χ0n) is 33.0. The second-order valence-corrected chi connectivity index (χ2v) is 14.6. The average Bonchev–Trinajstić information content (AvgIpc) is 3.18. The van der Waals surface area contributed by atoms with Gasteiger partial charge in [-0.15, -0.1) is 0 Å². The number of H-pyrrole nitrogens is 1. The molecule has 0 aliphatic carbocycles. The molecule has 57 heavy (non-hydrogen) atoms. The van der Waals surface area contributed by atoms with Gasteiger partial charge in [-0.1, -0.05) is 18.2 Å². The highest BCUT2D eigenvalue weighted by Gasteiger charge is 2.24. The Labute approximate surface area is 331 Å². The smallest absolute Gasteiger partial charge is 0.280 e. The third kappa shape index (κ3) is 15.6. The van der Waals surface area contributed by atoms with Crippen LogP contribution < -0.4 is 37.9 Å². The fourth-order valence-corrected chi connectivity index (χ4v) is 5.44. The van der Waals surface area contributed by atoms with Gasteiger partial charge in [0, 0.05) is 55.8 Å². The number of amides is 4. The monoisotopic (exact) mass is 786 g/mol. The lowest BCUT2D eigenvalue weighted by molar-refractivity contribution is -0.123. The Morgan fingerprint density at radius 1 is 0.719 bits per heavy atom. The summed E-state index contributed by atoms with van der Waals surface area (Å²) in [5.41, 5.74) is 6.67. The topological polar surface area (TPSA) is 244 Å². The summed E-state index contributed by atoms with van der Waals surface area (Å²) >= 11 is 0. The first-order chi connectivity index (χ1) is 27.2. The van der Waals surface area contributed by atoms with Crippen molar-refractivity contribution >= 4 is 46.4 Å². The van der Waals surface area contributed by atoms with Crippen molar-refractivity contribution in [1.29, 1.82) is 0 Å². The number of carbonyl (C=O) groups is 4. The summed E-state index contributed by atoms with van der Waals surface area (Å²) in [4.78, 5) is 76.2. The fraction of sp³-hybridized carbons (Fsp3) is 0.450. The van der Waals surface area contributed by atoms with E-state index >= 15 is 0 Å². The van der Waals surface area contributed by atoms with Crippen LogP contribution in [0.2, 0.25) is 0 Å². The number of aromatic amines is 1. The standard InChI is InChI=1S/C40H54N10O7/c1-39(2,17-16-32(52)42-20-21-45-35(53)27-9-6-5-7-10-27)56-23-18-40(3,4)57-24-22-43-31(51)11-8-19-44-36(54)28-12-14-29(15-13-28)46-25-30-26-47-34-33(48-30)37(55)50-38(41)49-34/h5-7,9-10,12-15,26,46H,8,11,16-25H2,1-4H3,(H,42,52)(H,43,51)(H,44,54)(H,45,53)(H3,41,47,49,50,55). The summed E-state index contributed by atoms with van der Waals surface area (Å²) in [6.07, 6.45) is 3.69. The molecule has 4 rings (SSSR count).